The number of nitrogens with zero attached hydrogens (tertiary/aromatic N) is 3. The molecule has 1 saturated heterocycles. The number of carbonyl (C=O) groups is 2. The maximum Gasteiger partial charge on any atom is 0.282 e. The lowest BCUT2D eigenvalue weighted by Crippen LogP contribution is -2.40. The van der Waals surface area contributed by atoms with Gasteiger partial charge in [0, 0.05) is 44.4 Å². The molecule has 4 rings (SSSR count). The molecule has 3 heterocycles. The van der Waals surface area contributed by atoms with Crippen LogP contribution in [0.4, 0.5) is 11.4 Å². The molecule has 1 N–H and O–H groups in total. The molecule has 0 radical (unpaired) electrons. The van der Waals surface area contributed by atoms with Gasteiger partial charge < -0.3 is 14.9 Å². The number of thiophene rings is 1. The number of piperidine rings is 1. The van der Waals surface area contributed by atoms with Gasteiger partial charge in [0.2, 0.25) is 0 Å². The lowest BCUT2D eigenvalue weighted by atomic mass is 9.98. The zero-order valence-electron chi connectivity index (χ0n) is 16.7. The van der Waals surface area contributed by atoms with Crippen LogP contribution in [0, 0.1) is 5.92 Å². The number of carbonyl (C=O) groups excluding carboxylic acids is 2. The van der Waals surface area contributed by atoms with Crippen molar-refractivity contribution in [1.29, 1.82) is 0 Å². The van der Waals surface area contributed by atoms with E-state index in [4.69, 9.17) is 0 Å². The summed E-state index contributed by atoms with van der Waals surface area (Å²) in [5, 5.41) is 11.5. The van der Waals surface area contributed by atoms with Crippen molar-refractivity contribution in [3.63, 3.8) is 0 Å². The first kappa shape index (κ1) is 19.7. The van der Waals surface area contributed by atoms with E-state index in [-0.39, 0.29) is 24.3 Å². The molecule has 1 fully saturated rings. The van der Waals surface area contributed by atoms with Crippen molar-refractivity contribution < 1.29 is 14.7 Å². The second-order valence-electron chi connectivity index (χ2n) is 7.70. The Bertz CT molecular complexity index is 952. The van der Waals surface area contributed by atoms with Gasteiger partial charge >= 0.3 is 0 Å². The average molecular weight is 412 g/mol. The first-order valence-corrected chi connectivity index (χ1v) is 10.7. The lowest BCUT2D eigenvalue weighted by molar-refractivity contribution is -0.120. The Labute approximate surface area is 174 Å². The van der Waals surface area contributed by atoms with Crippen molar-refractivity contribution in [2.24, 2.45) is 5.92 Å². The third-order valence-corrected chi connectivity index (χ3v) is 6.41. The summed E-state index contributed by atoms with van der Waals surface area (Å²) in [6.45, 7) is 1.39. The van der Waals surface area contributed by atoms with Gasteiger partial charge in [-0.1, -0.05) is 12.1 Å². The fourth-order valence-corrected chi connectivity index (χ4v) is 4.78. The van der Waals surface area contributed by atoms with Gasteiger partial charge in [0.25, 0.3) is 11.8 Å². The fraction of sp³-hybridized carbons (Fsp3) is 0.364. The van der Waals surface area contributed by atoms with E-state index in [0.29, 0.717) is 30.0 Å². The summed E-state index contributed by atoms with van der Waals surface area (Å²) in [7, 11) is 3.85. The van der Waals surface area contributed by atoms with Crippen molar-refractivity contribution in [3.05, 3.63) is 52.4 Å². The van der Waals surface area contributed by atoms with Crippen molar-refractivity contribution in [2.45, 2.75) is 12.8 Å². The summed E-state index contributed by atoms with van der Waals surface area (Å²) >= 11 is 1.46. The molecule has 29 heavy (non-hydrogen) atoms. The van der Waals surface area contributed by atoms with Crippen LogP contribution in [0.25, 0.3) is 5.57 Å². The van der Waals surface area contributed by atoms with Crippen molar-refractivity contribution in [1.82, 2.24) is 4.90 Å². The van der Waals surface area contributed by atoms with Crippen LogP contribution < -0.4 is 9.80 Å². The number of likely N-dealkylation sites (tertiary alicyclic amines) is 1. The maximum atomic E-state index is 13.5. The van der Waals surface area contributed by atoms with Gasteiger partial charge in [-0.3, -0.25) is 9.59 Å². The minimum atomic E-state index is -0.284. The highest BCUT2D eigenvalue weighted by atomic mass is 32.1. The van der Waals surface area contributed by atoms with Gasteiger partial charge in [-0.15, -0.1) is 11.3 Å². The standard InChI is InChI=1S/C22H25N3O3S/c1-23(2)16-7-3-8-17(12-16)25-21(27)19(18-9-5-11-29-18)20(22(25)28)24-10-4-6-15(13-24)14-26/h3,5,7-9,11-12,15,26H,4,6,10,13-14H2,1-2H3. The van der Waals surface area contributed by atoms with E-state index < -0.39 is 0 Å². The number of aliphatic hydroxyl groups excluding tert-OH is 1. The molecule has 2 aliphatic rings. The van der Waals surface area contributed by atoms with Crippen LogP contribution in [-0.2, 0) is 9.59 Å². The Morgan fingerprint density at radius 3 is 2.69 bits per heavy atom. The van der Waals surface area contributed by atoms with Gasteiger partial charge in [-0.05, 0) is 48.4 Å². The predicted molar refractivity (Wildman–Crippen MR) is 116 cm³/mol. The summed E-state index contributed by atoms with van der Waals surface area (Å²) in [4.78, 5) is 33.0. The first-order chi connectivity index (χ1) is 14.0. The van der Waals surface area contributed by atoms with Crippen LogP contribution >= 0.6 is 11.3 Å². The maximum absolute atomic E-state index is 13.5. The predicted octanol–water partition coefficient (Wildman–Crippen LogP) is 2.80. The number of anilines is 2. The molecule has 1 unspecified atom stereocenters. The van der Waals surface area contributed by atoms with E-state index in [9.17, 15) is 14.7 Å². The molecule has 2 amide bonds. The zero-order chi connectivity index (χ0) is 20.5. The normalized spacial score (nSPS) is 20.0. The Balaban J connectivity index is 1.77. The third kappa shape index (κ3) is 3.56. The fourth-order valence-electron chi connectivity index (χ4n) is 4.02. The van der Waals surface area contributed by atoms with E-state index >= 15 is 0 Å². The molecule has 152 valence electrons. The highest BCUT2D eigenvalue weighted by molar-refractivity contribution is 7.11. The highest BCUT2D eigenvalue weighted by Crippen LogP contribution is 2.38. The third-order valence-electron chi connectivity index (χ3n) is 5.52. The number of rotatable bonds is 5. The molecule has 0 spiro atoms. The number of benzene rings is 1. The highest BCUT2D eigenvalue weighted by Gasteiger charge is 2.43. The Morgan fingerprint density at radius 1 is 1.17 bits per heavy atom. The SMILES string of the molecule is CN(C)c1cccc(N2C(=O)C(c3cccs3)=C(N3CCCC(CO)C3)C2=O)c1. The molecule has 1 aromatic heterocycles. The Morgan fingerprint density at radius 2 is 2.00 bits per heavy atom. The van der Waals surface area contributed by atoms with Crippen LogP contribution in [0.2, 0.25) is 0 Å². The van der Waals surface area contributed by atoms with E-state index in [1.54, 1.807) is 6.07 Å². The van der Waals surface area contributed by atoms with Crippen LogP contribution in [0.5, 0.6) is 0 Å². The molecular weight excluding hydrogens is 386 g/mol. The summed E-state index contributed by atoms with van der Waals surface area (Å²) in [6, 6.07) is 11.2. The molecule has 1 aromatic carbocycles. The van der Waals surface area contributed by atoms with Gasteiger partial charge in [0.1, 0.15) is 5.70 Å². The number of imide groups is 1. The summed E-state index contributed by atoms with van der Waals surface area (Å²) in [5.74, 6) is -0.447. The molecule has 6 nitrogen and oxygen atoms in total. The summed E-state index contributed by atoms with van der Waals surface area (Å²) in [6.07, 6.45) is 1.83. The largest absolute Gasteiger partial charge is 0.396 e. The molecular formula is C22H25N3O3S. The minimum absolute atomic E-state index is 0.0921. The van der Waals surface area contributed by atoms with Gasteiger partial charge in [-0.2, -0.15) is 0 Å². The second kappa shape index (κ2) is 8.00. The van der Waals surface area contributed by atoms with Crippen LogP contribution in [0.15, 0.2) is 47.5 Å². The Hall–Kier alpha value is -2.64. The molecule has 2 aromatic rings. The van der Waals surface area contributed by atoms with Crippen molar-refractivity contribution >= 4 is 40.1 Å². The van der Waals surface area contributed by atoms with Gasteiger partial charge in [-0.25, -0.2) is 4.90 Å². The van der Waals surface area contributed by atoms with Gasteiger partial charge in [0.05, 0.1) is 11.3 Å². The number of hydrogen-bond donors (Lipinski definition) is 1. The van der Waals surface area contributed by atoms with E-state index in [1.165, 1.54) is 16.2 Å². The van der Waals surface area contributed by atoms with Crippen molar-refractivity contribution in [2.75, 3.05) is 43.6 Å². The van der Waals surface area contributed by atoms with Crippen molar-refractivity contribution in [3.8, 4) is 0 Å². The number of aliphatic hydroxyl groups is 1. The van der Waals surface area contributed by atoms with Gasteiger partial charge in [0.15, 0.2) is 0 Å². The van der Waals surface area contributed by atoms with E-state index in [0.717, 1.165) is 23.4 Å². The average Bonchev–Trinajstić information content (AvgIpc) is 3.34. The molecule has 0 aliphatic carbocycles. The molecule has 0 bridgehead atoms. The second-order valence-corrected chi connectivity index (χ2v) is 8.65. The summed E-state index contributed by atoms with van der Waals surface area (Å²) in [5.41, 5.74) is 2.43. The Kier molecular flexibility index (Phi) is 5.43. The first-order valence-electron chi connectivity index (χ1n) is 9.81. The number of amides is 2. The smallest absolute Gasteiger partial charge is 0.282 e. The van der Waals surface area contributed by atoms with E-state index in [1.807, 2.05) is 59.6 Å². The molecule has 1 atom stereocenters. The quantitative estimate of drug-likeness (QED) is 0.767. The zero-order valence-corrected chi connectivity index (χ0v) is 17.5. The summed E-state index contributed by atoms with van der Waals surface area (Å²) < 4.78 is 0. The molecule has 2 aliphatic heterocycles. The topological polar surface area (TPSA) is 64.1 Å². The molecule has 7 heteroatoms. The van der Waals surface area contributed by atoms with Crippen LogP contribution in [0.1, 0.15) is 17.7 Å². The lowest BCUT2D eigenvalue weighted by Gasteiger charge is -2.34. The van der Waals surface area contributed by atoms with Crippen LogP contribution in [-0.4, -0.2) is 55.6 Å². The number of hydrogen-bond acceptors (Lipinski definition) is 6. The minimum Gasteiger partial charge on any atom is -0.396 e. The monoisotopic (exact) mass is 411 g/mol. The van der Waals surface area contributed by atoms with Crippen LogP contribution in [0.3, 0.4) is 0 Å². The molecule has 0 saturated carbocycles. The van der Waals surface area contributed by atoms with E-state index in [2.05, 4.69) is 0 Å².